The second-order valence-electron chi connectivity index (χ2n) is 6.73. The van der Waals surface area contributed by atoms with Crippen LogP contribution in [0.5, 0.6) is 5.75 Å². The molecular formula is C21H27N3O2. The first-order valence-corrected chi connectivity index (χ1v) is 9.07. The van der Waals surface area contributed by atoms with Crippen molar-refractivity contribution < 1.29 is 9.53 Å². The highest BCUT2D eigenvalue weighted by atomic mass is 16.5. The number of anilines is 1. The first-order chi connectivity index (χ1) is 12.6. The molecule has 0 radical (unpaired) electrons. The third kappa shape index (κ3) is 4.99. The zero-order valence-corrected chi connectivity index (χ0v) is 15.6. The third-order valence-corrected chi connectivity index (χ3v) is 4.77. The monoisotopic (exact) mass is 353 g/mol. The van der Waals surface area contributed by atoms with E-state index < -0.39 is 0 Å². The Kier molecular flexibility index (Phi) is 6.12. The molecule has 1 amide bonds. The summed E-state index contributed by atoms with van der Waals surface area (Å²) in [5, 5.41) is 3.01. The Bertz CT molecular complexity index is 722. The van der Waals surface area contributed by atoms with E-state index >= 15 is 0 Å². The fraction of sp³-hybridized carbons (Fsp3) is 0.381. The number of benzene rings is 2. The van der Waals surface area contributed by atoms with Crippen molar-refractivity contribution in [2.75, 3.05) is 44.7 Å². The van der Waals surface area contributed by atoms with Gasteiger partial charge < -0.3 is 15.0 Å². The van der Waals surface area contributed by atoms with E-state index in [0.717, 1.165) is 37.5 Å². The van der Waals surface area contributed by atoms with E-state index in [-0.39, 0.29) is 5.91 Å². The molecule has 0 aromatic heterocycles. The lowest BCUT2D eigenvalue weighted by Gasteiger charge is -2.35. The zero-order chi connectivity index (χ0) is 18.4. The van der Waals surface area contributed by atoms with Crippen molar-refractivity contribution in [1.29, 1.82) is 0 Å². The normalized spacial score (nSPS) is 14.9. The van der Waals surface area contributed by atoms with Gasteiger partial charge in [-0.2, -0.15) is 0 Å². The molecule has 1 N–H and O–H groups in total. The lowest BCUT2D eigenvalue weighted by molar-refractivity contribution is -0.122. The van der Waals surface area contributed by atoms with Crippen LogP contribution in [0, 0.1) is 6.92 Å². The predicted octanol–water partition coefficient (Wildman–Crippen LogP) is 2.44. The molecule has 1 fully saturated rings. The minimum absolute atomic E-state index is 0.0837. The van der Waals surface area contributed by atoms with Crippen molar-refractivity contribution in [2.24, 2.45) is 0 Å². The molecule has 1 aliphatic heterocycles. The Morgan fingerprint density at radius 1 is 1.08 bits per heavy atom. The van der Waals surface area contributed by atoms with Crippen molar-refractivity contribution in [3.05, 3.63) is 59.7 Å². The lowest BCUT2D eigenvalue weighted by atomic mass is 10.1. The molecule has 1 saturated heterocycles. The second-order valence-corrected chi connectivity index (χ2v) is 6.73. The number of nitrogens with one attached hydrogen (secondary N) is 1. The third-order valence-electron chi connectivity index (χ3n) is 4.77. The molecule has 0 bridgehead atoms. The van der Waals surface area contributed by atoms with Crippen LogP contribution in [-0.2, 0) is 11.3 Å². The van der Waals surface area contributed by atoms with Crippen LogP contribution in [0.1, 0.15) is 11.1 Å². The van der Waals surface area contributed by atoms with Gasteiger partial charge in [0.2, 0.25) is 5.91 Å². The van der Waals surface area contributed by atoms with Crippen LogP contribution in [-0.4, -0.2) is 50.6 Å². The molecular weight excluding hydrogens is 326 g/mol. The van der Waals surface area contributed by atoms with Crippen molar-refractivity contribution in [2.45, 2.75) is 13.5 Å². The minimum atomic E-state index is 0.0837. The van der Waals surface area contributed by atoms with Gasteiger partial charge in [-0.15, -0.1) is 0 Å². The van der Waals surface area contributed by atoms with Gasteiger partial charge in [0, 0.05) is 44.5 Å². The van der Waals surface area contributed by atoms with E-state index in [9.17, 15) is 4.79 Å². The van der Waals surface area contributed by atoms with Gasteiger partial charge in [-0.3, -0.25) is 9.69 Å². The number of ether oxygens (including phenoxy) is 1. The number of carbonyl (C=O) groups is 1. The number of nitrogens with zero attached hydrogens (tertiary/aromatic N) is 2. The highest BCUT2D eigenvalue weighted by Crippen LogP contribution is 2.22. The molecule has 5 nitrogen and oxygen atoms in total. The number of rotatable bonds is 6. The van der Waals surface area contributed by atoms with Gasteiger partial charge in [0.05, 0.1) is 13.7 Å². The maximum atomic E-state index is 12.2. The van der Waals surface area contributed by atoms with Gasteiger partial charge in [0.15, 0.2) is 0 Å². The molecule has 5 heteroatoms. The number of amides is 1. The van der Waals surface area contributed by atoms with Crippen LogP contribution in [0.4, 0.5) is 5.69 Å². The number of methoxy groups -OCH3 is 1. The molecule has 0 aliphatic carbocycles. The molecule has 26 heavy (non-hydrogen) atoms. The summed E-state index contributed by atoms with van der Waals surface area (Å²) in [5.41, 5.74) is 3.54. The van der Waals surface area contributed by atoms with Crippen LogP contribution >= 0.6 is 0 Å². The maximum absolute atomic E-state index is 12.2. The van der Waals surface area contributed by atoms with Crippen LogP contribution < -0.4 is 15.0 Å². The fourth-order valence-corrected chi connectivity index (χ4v) is 3.14. The SMILES string of the molecule is COc1cccc(N2CCN(CC(=O)NCc3ccc(C)cc3)CC2)c1. The van der Waals surface area contributed by atoms with Gasteiger partial charge in [-0.1, -0.05) is 35.9 Å². The molecule has 1 aliphatic rings. The highest BCUT2D eigenvalue weighted by molar-refractivity contribution is 5.78. The van der Waals surface area contributed by atoms with Gasteiger partial charge in [-0.05, 0) is 24.6 Å². The molecule has 0 spiro atoms. The molecule has 0 atom stereocenters. The van der Waals surface area contributed by atoms with E-state index in [4.69, 9.17) is 4.74 Å². The average molecular weight is 353 g/mol. The molecule has 0 unspecified atom stereocenters. The summed E-state index contributed by atoms with van der Waals surface area (Å²) in [6.07, 6.45) is 0. The Morgan fingerprint density at radius 2 is 1.81 bits per heavy atom. The first-order valence-electron chi connectivity index (χ1n) is 9.07. The maximum Gasteiger partial charge on any atom is 0.234 e. The first kappa shape index (κ1) is 18.3. The number of hydrogen-bond acceptors (Lipinski definition) is 4. The summed E-state index contributed by atoms with van der Waals surface area (Å²) in [7, 11) is 1.69. The van der Waals surface area contributed by atoms with Crippen LogP contribution in [0.15, 0.2) is 48.5 Å². The van der Waals surface area contributed by atoms with Gasteiger partial charge in [-0.25, -0.2) is 0 Å². The molecule has 3 rings (SSSR count). The number of piperazine rings is 1. The van der Waals surface area contributed by atoms with Crippen molar-refractivity contribution in [1.82, 2.24) is 10.2 Å². The summed E-state index contributed by atoms with van der Waals surface area (Å²) in [6, 6.07) is 16.4. The average Bonchev–Trinajstić information content (AvgIpc) is 2.68. The molecule has 2 aromatic rings. The predicted molar refractivity (Wildman–Crippen MR) is 105 cm³/mol. The van der Waals surface area contributed by atoms with Gasteiger partial charge in [0.25, 0.3) is 0 Å². The zero-order valence-electron chi connectivity index (χ0n) is 15.6. The second kappa shape index (κ2) is 8.72. The standard InChI is InChI=1S/C21H27N3O2/c1-17-6-8-18(9-7-17)15-22-21(25)16-23-10-12-24(13-11-23)19-4-3-5-20(14-19)26-2/h3-9,14H,10-13,15-16H2,1-2H3,(H,22,25). The van der Waals surface area contributed by atoms with E-state index in [0.29, 0.717) is 13.1 Å². The lowest BCUT2D eigenvalue weighted by Crippen LogP contribution is -2.49. The molecule has 138 valence electrons. The van der Waals surface area contributed by atoms with Crippen molar-refractivity contribution in [3.63, 3.8) is 0 Å². The van der Waals surface area contributed by atoms with E-state index in [1.165, 1.54) is 11.3 Å². The summed E-state index contributed by atoms with van der Waals surface area (Å²) >= 11 is 0. The summed E-state index contributed by atoms with van der Waals surface area (Å²) in [4.78, 5) is 16.7. The number of carbonyl (C=O) groups excluding carboxylic acids is 1. The van der Waals surface area contributed by atoms with E-state index in [1.807, 2.05) is 12.1 Å². The number of hydrogen-bond donors (Lipinski definition) is 1. The Balaban J connectivity index is 1.43. The topological polar surface area (TPSA) is 44.8 Å². The van der Waals surface area contributed by atoms with Crippen molar-refractivity contribution >= 4 is 11.6 Å². The summed E-state index contributed by atoms with van der Waals surface area (Å²) in [6.45, 7) is 6.70. The molecule has 2 aromatic carbocycles. The quantitative estimate of drug-likeness (QED) is 0.866. The smallest absolute Gasteiger partial charge is 0.234 e. The van der Waals surface area contributed by atoms with Crippen LogP contribution in [0.2, 0.25) is 0 Å². The summed E-state index contributed by atoms with van der Waals surface area (Å²) in [5.74, 6) is 0.959. The Labute approximate surface area is 155 Å². The van der Waals surface area contributed by atoms with Gasteiger partial charge >= 0.3 is 0 Å². The van der Waals surface area contributed by atoms with Gasteiger partial charge in [0.1, 0.15) is 5.75 Å². The van der Waals surface area contributed by atoms with Crippen LogP contribution in [0.25, 0.3) is 0 Å². The molecule has 0 saturated carbocycles. The minimum Gasteiger partial charge on any atom is -0.497 e. The highest BCUT2D eigenvalue weighted by Gasteiger charge is 2.19. The van der Waals surface area contributed by atoms with Crippen molar-refractivity contribution in [3.8, 4) is 5.75 Å². The van der Waals surface area contributed by atoms with Crippen LogP contribution in [0.3, 0.4) is 0 Å². The Morgan fingerprint density at radius 3 is 2.50 bits per heavy atom. The Hall–Kier alpha value is -2.53. The van der Waals surface area contributed by atoms with E-state index in [1.54, 1.807) is 7.11 Å². The molecule has 1 heterocycles. The number of aryl methyl sites for hydroxylation is 1. The summed E-state index contributed by atoms with van der Waals surface area (Å²) < 4.78 is 5.30. The largest absolute Gasteiger partial charge is 0.497 e. The van der Waals surface area contributed by atoms with E-state index in [2.05, 4.69) is 58.4 Å². The fourth-order valence-electron chi connectivity index (χ4n) is 3.14.